The van der Waals surface area contributed by atoms with Crippen LogP contribution in [0.1, 0.15) is 24.3 Å². The molecule has 5 aromatic rings. The van der Waals surface area contributed by atoms with Crippen molar-refractivity contribution in [2.24, 2.45) is 0 Å². The van der Waals surface area contributed by atoms with E-state index in [4.69, 9.17) is 10.5 Å². The molecule has 0 saturated heterocycles. The predicted molar refractivity (Wildman–Crippen MR) is 175 cm³/mol. The molecule has 0 bridgehead atoms. The van der Waals surface area contributed by atoms with Crippen LogP contribution in [0.2, 0.25) is 0 Å². The van der Waals surface area contributed by atoms with Crippen molar-refractivity contribution in [1.29, 1.82) is 0 Å². The number of fused-ring (bicyclic) bond motifs is 1. The van der Waals surface area contributed by atoms with Gasteiger partial charge in [0.15, 0.2) is 15.8 Å². The first-order chi connectivity index (χ1) is 22.0. The highest BCUT2D eigenvalue weighted by Crippen LogP contribution is 2.35. The molecule has 18 heteroatoms. The number of rotatable bonds is 9. The van der Waals surface area contributed by atoms with Crippen LogP contribution in [0.5, 0.6) is 0 Å². The van der Waals surface area contributed by atoms with Crippen LogP contribution in [0, 0.1) is 20.2 Å². The van der Waals surface area contributed by atoms with Gasteiger partial charge in [-0.2, -0.15) is 0 Å². The number of hydrogen-bond acceptors (Lipinski definition) is 14. The molecule has 0 aliphatic heterocycles. The molecule has 240 valence electrons. The number of nitro groups is 2. The van der Waals surface area contributed by atoms with E-state index in [-0.39, 0.29) is 35.6 Å². The second-order valence-electron chi connectivity index (χ2n) is 8.52. The number of ketones is 1. The van der Waals surface area contributed by atoms with Crippen LogP contribution in [0.15, 0.2) is 67.1 Å². The number of nitrogens with two attached hydrogens (primary N) is 1. The van der Waals surface area contributed by atoms with Gasteiger partial charge in [0.2, 0.25) is 5.78 Å². The number of thiazole rings is 2. The minimum atomic E-state index is -0.769. The fourth-order valence-electron chi connectivity index (χ4n) is 3.58. The molecule has 2 aromatic carbocycles. The van der Waals surface area contributed by atoms with E-state index in [0.29, 0.717) is 31.0 Å². The van der Waals surface area contributed by atoms with Crippen LogP contribution in [-0.4, -0.2) is 60.5 Å². The SMILES string of the molecule is CCOC(=O)C(=O)CBr.CCOC(=O)c1cn2cc(-c3ccccc3[N+](=O)[O-])sc2n1.Nc1ncc(-c2ccccc2[N+](=O)[O-])s1. The summed E-state index contributed by atoms with van der Waals surface area (Å²) >= 11 is 5.35. The molecule has 0 unspecified atom stereocenters. The van der Waals surface area contributed by atoms with Gasteiger partial charge in [-0.05, 0) is 26.0 Å². The largest absolute Gasteiger partial charge is 0.461 e. The molecule has 2 N–H and O–H groups in total. The Kier molecular flexibility index (Phi) is 13.0. The van der Waals surface area contributed by atoms with Crippen LogP contribution < -0.4 is 5.73 Å². The first-order valence-corrected chi connectivity index (χ1v) is 15.9. The van der Waals surface area contributed by atoms with E-state index in [1.807, 2.05) is 0 Å². The summed E-state index contributed by atoms with van der Waals surface area (Å²) in [6.07, 6.45) is 4.82. The van der Waals surface area contributed by atoms with Crippen molar-refractivity contribution in [3.8, 4) is 20.9 Å². The fraction of sp³-hybridized carbons (Fsp3) is 0.179. The minimum absolute atomic E-state index is 0.0336. The first kappa shape index (κ1) is 35.4. The van der Waals surface area contributed by atoms with Gasteiger partial charge in [0.05, 0.1) is 49.3 Å². The zero-order valence-electron chi connectivity index (χ0n) is 24.2. The number of ether oxygens (including phenoxy) is 2. The Balaban J connectivity index is 0.000000208. The first-order valence-electron chi connectivity index (χ1n) is 13.1. The summed E-state index contributed by atoms with van der Waals surface area (Å²) in [6.45, 7) is 3.91. The Labute approximate surface area is 277 Å². The Hall–Kier alpha value is -5.07. The zero-order chi connectivity index (χ0) is 33.8. The van der Waals surface area contributed by atoms with Crippen LogP contribution in [0.3, 0.4) is 0 Å². The number of benzene rings is 2. The van der Waals surface area contributed by atoms with Gasteiger partial charge in [0.1, 0.15) is 0 Å². The number of carbonyl (C=O) groups is 3. The topological polar surface area (TPSA) is 212 Å². The number of para-hydroxylation sites is 2. The quantitative estimate of drug-likeness (QED) is 0.0611. The van der Waals surface area contributed by atoms with Crippen molar-refractivity contribution in [2.45, 2.75) is 13.8 Å². The third kappa shape index (κ3) is 9.22. The molecule has 0 atom stereocenters. The van der Waals surface area contributed by atoms with E-state index >= 15 is 0 Å². The molecule has 0 saturated carbocycles. The van der Waals surface area contributed by atoms with Crippen LogP contribution in [-0.2, 0) is 19.1 Å². The molecule has 0 amide bonds. The fourth-order valence-corrected chi connectivity index (χ4v) is 5.53. The Bertz CT molecular complexity index is 1840. The lowest BCUT2D eigenvalue weighted by molar-refractivity contribution is -0.384. The molecule has 3 heterocycles. The van der Waals surface area contributed by atoms with Gasteiger partial charge in [-0.3, -0.25) is 29.4 Å². The Morgan fingerprint density at radius 1 is 0.891 bits per heavy atom. The Morgan fingerprint density at radius 2 is 1.46 bits per heavy atom. The van der Waals surface area contributed by atoms with E-state index in [1.165, 1.54) is 34.8 Å². The van der Waals surface area contributed by atoms with Gasteiger partial charge in [0.25, 0.3) is 11.4 Å². The molecule has 46 heavy (non-hydrogen) atoms. The van der Waals surface area contributed by atoms with E-state index in [0.717, 1.165) is 0 Å². The molecule has 0 aliphatic carbocycles. The number of imidazole rings is 1. The van der Waals surface area contributed by atoms with E-state index in [1.54, 1.807) is 73.2 Å². The van der Waals surface area contributed by atoms with Crippen LogP contribution >= 0.6 is 38.6 Å². The summed E-state index contributed by atoms with van der Waals surface area (Å²) in [5.74, 6) is -1.79. The smallest absolute Gasteiger partial charge is 0.375 e. The van der Waals surface area contributed by atoms with Gasteiger partial charge in [-0.15, -0.1) is 0 Å². The van der Waals surface area contributed by atoms with Crippen LogP contribution in [0.25, 0.3) is 25.8 Å². The number of nitrogens with zero attached hydrogens (tertiary/aromatic N) is 5. The normalized spacial score (nSPS) is 10.2. The summed E-state index contributed by atoms with van der Waals surface area (Å²) < 4.78 is 10.9. The maximum atomic E-state index is 11.6. The number of alkyl halides is 1. The number of nitro benzene ring substituents is 2. The zero-order valence-corrected chi connectivity index (χ0v) is 27.4. The molecule has 0 fully saturated rings. The number of anilines is 1. The summed E-state index contributed by atoms with van der Waals surface area (Å²) in [5, 5.41) is 22.3. The van der Waals surface area contributed by atoms with E-state index < -0.39 is 27.6 Å². The minimum Gasteiger partial charge on any atom is -0.461 e. The summed E-state index contributed by atoms with van der Waals surface area (Å²) in [5.41, 5.74) is 6.89. The molecule has 0 spiro atoms. The molecule has 0 aliphatic rings. The number of carbonyl (C=O) groups excluding carboxylic acids is 3. The third-order valence-electron chi connectivity index (χ3n) is 5.52. The van der Waals surface area contributed by atoms with Gasteiger partial charge in [-0.25, -0.2) is 19.6 Å². The second kappa shape index (κ2) is 16.8. The van der Waals surface area contributed by atoms with Gasteiger partial charge in [0, 0.05) is 30.7 Å². The molecule has 5 rings (SSSR count). The number of esters is 2. The Morgan fingerprint density at radius 3 is 1.93 bits per heavy atom. The highest BCUT2D eigenvalue weighted by molar-refractivity contribution is 9.09. The number of aromatic nitrogens is 3. The number of hydrogen-bond donors (Lipinski definition) is 1. The molecule has 15 nitrogen and oxygen atoms in total. The maximum absolute atomic E-state index is 11.6. The van der Waals surface area contributed by atoms with Crippen molar-refractivity contribution in [3.05, 3.63) is 93.0 Å². The van der Waals surface area contributed by atoms with E-state index in [9.17, 15) is 34.6 Å². The summed E-state index contributed by atoms with van der Waals surface area (Å²) in [6, 6.07) is 13.0. The number of Topliss-reactive ketones (excluding diaryl/α,β-unsaturated/α-hetero) is 1. The predicted octanol–water partition coefficient (Wildman–Crippen LogP) is 5.96. The summed E-state index contributed by atoms with van der Waals surface area (Å²) in [7, 11) is 0. The highest BCUT2D eigenvalue weighted by Gasteiger charge is 2.19. The maximum Gasteiger partial charge on any atom is 0.375 e. The standard InChI is InChI=1S/C14H11N3O4S.C9H7N3O2S.C5H7BrO3/c1-2-21-13(18)10-7-16-8-12(22-14(16)15-10)9-5-3-4-6-11(9)17(19)20;10-9-11-5-8(15-9)6-3-1-2-4-7(6)12(13)14;1-2-9-5(8)4(7)3-6/h3-8H,2H2,1H3;1-5H,(H2,10,11);2-3H2,1H3. The van der Waals surface area contributed by atoms with Gasteiger partial charge >= 0.3 is 11.9 Å². The van der Waals surface area contributed by atoms with Crippen molar-refractivity contribution in [1.82, 2.24) is 14.4 Å². The van der Waals surface area contributed by atoms with Crippen LogP contribution in [0.4, 0.5) is 16.5 Å². The van der Waals surface area contributed by atoms with Gasteiger partial charge < -0.3 is 15.2 Å². The highest BCUT2D eigenvalue weighted by atomic mass is 79.9. The monoisotopic (exact) mass is 732 g/mol. The lowest BCUT2D eigenvalue weighted by Gasteiger charge is -1.98. The van der Waals surface area contributed by atoms with Crippen molar-refractivity contribution < 1.29 is 33.7 Å². The summed E-state index contributed by atoms with van der Waals surface area (Å²) in [4.78, 5) is 63.5. The van der Waals surface area contributed by atoms with E-state index in [2.05, 4.69) is 30.6 Å². The number of halogens is 1. The average Bonchev–Trinajstić information content (AvgIpc) is 3.77. The van der Waals surface area contributed by atoms with Crippen molar-refractivity contribution in [2.75, 3.05) is 24.3 Å². The second-order valence-corrected chi connectivity index (χ2v) is 11.2. The molecule has 0 radical (unpaired) electrons. The number of nitrogen functional groups attached to an aromatic ring is 1. The molecule has 3 aromatic heterocycles. The molecular formula is C28H25BrN6O9S2. The average molecular weight is 734 g/mol. The molecular weight excluding hydrogens is 708 g/mol. The van der Waals surface area contributed by atoms with Crippen molar-refractivity contribution >= 4 is 77.8 Å². The van der Waals surface area contributed by atoms with Crippen molar-refractivity contribution in [3.63, 3.8) is 0 Å². The lowest BCUT2D eigenvalue weighted by atomic mass is 10.1. The lowest BCUT2D eigenvalue weighted by Crippen LogP contribution is -2.17. The third-order valence-corrected chi connectivity index (χ3v) is 7.92. The van der Waals surface area contributed by atoms with Gasteiger partial charge in [-0.1, -0.05) is 62.9 Å².